The number of rotatable bonds is 5. The molecule has 1 aliphatic carbocycles. The Morgan fingerprint density at radius 3 is 2.90 bits per heavy atom. The summed E-state index contributed by atoms with van der Waals surface area (Å²) in [6.45, 7) is 1.65. The van der Waals surface area contributed by atoms with Crippen LogP contribution in [0.15, 0.2) is 27.6 Å². The van der Waals surface area contributed by atoms with E-state index in [4.69, 9.17) is 16.1 Å². The average Bonchev–Trinajstić information content (AvgIpc) is 3.19. The SMILES string of the molecule is Cc1c(Cl)cccc1S(=O)(=O)NCc1noc(C2CC2)n1. The first-order valence-corrected chi connectivity index (χ1v) is 8.41. The first-order chi connectivity index (χ1) is 9.97. The van der Waals surface area contributed by atoms with Crippen LogP contribution >= 0.6 is 11.6 Å². The van der Waals surface area contributed by atoms with Crippen LogP contribution in [0.5, 0.6) is 0 Å². The van der Waals surface area contributed by atoms with Gasteiger partial charge in [-0.05, 0) is 37.5 Å². The maximum absolute atomic E-state index is 12.3. The van der Waals surface area contributed by atoms with E-state index in [2.05, 4.69) is 14.9 Å². The lowest BCUT2D eigenvalue weighted by atomic mass is 10.2. The van der Waals surface area contributed by atoms with Gasteiger partial charge in [-0.2, -0.15) is 4.98 Å². The molecule has 0 radical (unpaired) electrons. The highest BCUT2D eigenvalue weighted by atomic mass is 35.5. The van der Waals surface area contributed by atoms with Crippen molar-refractivity contribution >= 4 is 21.6 Å². The van der Waals surface area contributed by atoms with Gasteiger partial charge in [0.2, 0.25) is 15.9 Å². The third-order valence-electron chi connectivity index (χ3n) is 3.34. The highest BCUT2D eigenvalue weighted by Gasteiger charge is 2.29. The summed E-state index contributed by atoms with van der Waals surface area (Å²) in [5, 5.41) is 4.19. The van der Waals surface area contributed by atoms with Gasteiger partial charge in [-0.25, -0.2) is 13.1 Å². The summed E-state index contributed by atoms with van der Waals surface area (Å²) in [6, 6.07) is 4.76. The molecule has 1 aromatic carbocycles. The minimum Gasteiger partial charge on any atom is -0.339 e. The van der Waals surface area contributed by atoms with E-state index < -0.39 is 10.0 Å². The first kappa shape index (κ1) is 14.5. The standard InChI is InChI=1S/C13H14ClN3O3S/c1-8-10(14)3-2-4-11(8)21(18,19)15-7-12-16-13(20-17-12)9-5-6-9/h2-4,9,15H,5-7H2,1H3. The Morgan fingerprint density at radius 2 is 2.19 bits per heavy atom. The molecular weight excluding hydrogens is 314 g/mol. The zero-order chi connectivity index (χ0) is 15.0. The van der Waals surface area contributed by atoms with Gasteiger partial charge in [0.05, 0.1) is 11.4 Å². The van der Waals surface area contributed by atoms with Gasteiger partial charge in [0, 0.05) is 10.9 Å². The molecule has 1 saturated carbocycles. The Hall–Kier alpha value is -1.44. The summed E-state index contributed by atoms with van der Waals surface area (Å²) in [5.74, 6) is 1.27. The Balaban J connectivity index is 1.74. The lowest BCUT2D eigenvalue weighted by molar-refractivity contribution is 0.373. The minimum atomic E-state index is -3.66. The van der Waals surface area contributed by atoms with Crippen LogP contribution in [-0.4, -0.2) is 18.6 Å². The Bertz CT molecular complexity index is 769. The van der Waals surface area contributed by atoms with Crippen molar-refractivity contribution in [2.45, 2.75) is 37.1 Å². The molecule has 6 nitrogen and oxygen atoms in total. The van der Waals surface area contributed by atoms with E-state index in [0.717, 1.165) is 12.8 Å². The maximum Gasteiger partial charge on any atom is 0.241 e. The van der Waals surface area contributed by atoms with E-state index in [-0.39, 0.29) is 11.4 Å². The number of sulfonamides is 1. The van der Waals surface area contributed by atoms with Crippen molar-refractivity contribution in [3.63, 3.8) is 0 Å². The Morgan fingerprint density at radius 1 is 1.43 bits per heavy atom. The Labute approximate surface area is 127 Å². The molecule has 0 bridgehead atoms. The van der Waals surface area contributed by atoms with E-state index in [1.54, 1.807) is 19.1 Å². The van der Waals surface area contributed by atoms with Crippen molar-refractivity contribution in [1.82, 2.24) is 14.9 Å². The molecular formula is C13H14ClN3O3S. The number of aromatic nitrogens is 2. The predicted octanol–water partition coefficient (Wildman–Crippen LogP) is 2.39. The largest absolute Gasteiger partial charge is 0.339 e. The molecule has 8 heteroatoms. The molecule has 0 amide bonds. The van der Waals surface area contributed by atoms with E-state index >= 15 is 0 Å². The van der Waals surface area contributed by atoms with Crippen molar-refractivity contribution < 1.29 is 12.9 Å². The molecule has 0 saturated heterocycles. The van der Waals surface area contributed by atoms with Crippen LogP contribution in [0, 0.1) is 6.92 Å². The third kappa shape index (κ3) is 3.09. The lowest BCUT2D eigenvalue weighted by Crippen LogP contribution is -2.24. The van der Waals surface area contributed by atoms with Crippen LogP contribution in [0.3, 0.4) is 0 Å². The summed E-state index contributed by atoms with van der Waals surface area (Å²) < 4.78 is 32.1. The van der Waals surface area contributed by atoms with Crippen LogP contribution < -0.4 is 4.72 Å². The van der Waals surface area contributed by atoms with Gasteiger partial charge in [0.25, 0.3) is 0 Å². The summed E-state index contributed by atoms with van der Waals surface area (Å²) in [7, 11) is -3.66. The van der Waals surface area contributed by atoms with E-state index in [0.29, 0.717) is 28.2 Å². The number of hydrogen-bond acceptors (Lipinski definition) is 5. The van der Waals surface area contributed by atoms with Gasteiger partial charge in [0.1, 0.15) is 0 Å². The molecule has 112 valence electrons. The van der Waals surface area contributed by atoms with E-state index in [1.807, 2.05) is 0 Å². The van der Waals surface area contributed by atoms with Gasteiger partial charge in [-0.15, -0.1) is 0 Å². The summed E-state index contributed by atoms with van der Waals surface area (Å²) >= 11 is 5.95. The highest BCUT2D eigenvalue weighted by Crippen LogP contribution is 2.38. The second kappa shape index (κ2) is 5.40. The average molecular weight is 328 g/mol. The molecule has 1 aromatic heterocycles. The van der Waals surface area contributed by atoms with Crippen molar-refractivity contribution in [2.24, 2.45) is 0 Å². The maximum atomic E-state index is 12.3. The van der Waals surface area contributed by atoms with Crippen LogP contribution in [-0.2, 0) is 16.6 Å². The fraction of sp³-hybridized carbons (Fsp3) is 0.385. The van der Waals surface area contributed by atoms with Gasteiger partial charge < -0.3 is 4.52 Å². The number of hydrogen-bond donors (Lipinski definition) is 1. The van der Waals surface area contributed by atoms with Crippen LogP contribution in [0.4, 0.5) is 0 Å². The van der Waals surface area contributed by atoms with Crippen LogP contribution in [0.1, 0.15) is 36.0 Å². The molecule has 0 spiro atoms. The first-order valence-electron chi connectivity index (χ1n) is 6.54. The second-order valence-electron chi connectivity index (χ2n) is 5.01. The van der Waals surface area contributed by atoms with Gasteiger partial charge in [0.15, 0.2) is 5.82 Å². The quantitative estimate of drug-likeness (QED) is 0.911. The lowest BCUT2D eigenvalue weighted by Gasteiger charge is -2.08. The number of benzene rings is 1. The predicted molar refractivity (Wildman–Crippen MR) is 76.5 cm³/mol. The number of nitrogens with zero attached hydrogens (tertiary/aromatic N) is 2. The van der Waals surface area contributed by atoms with E-state index in [9.17, 15) is 8.42 Å². The number of halogens is 1. The molecule has 1 aliphatic rings. The van der Waals surface area contributed by atoms with E-state index in [1.165, 1.54) is 6.07 Å². The fourth-order valence-corrected chi connectivity index (χ4v) is 3.43. The second-order valence-corrected chi connectivity index (χ2v) is 7.15. The molecule has 0 unspecified atom stereocenters. The molecule has 0 atom stereocenters. The smallest absolute Gasteiger partial charge is 0.241 e. The monoisotopic (exact) mass is 327 g/mol. The third-order valence-corrected chi connectivity index (χ3v) is 5.29. The minimum absolute atomic E-state index is 0.00942. The molecule has 2 aromatic rings. The summed E-state index contributed by atoms with van der Waals surface area (Å²) in [6.07, 6.45) is 2.10. The van der Waals surface area contributed by atoms with Crippen molar-refractivity contribution in [2.75, 3.05) is 0 Å². The van der Waals surface area contributed by atoms with Crippen molar-refractivity contribution in [3.8, 4) is 0 Å². The molecule has 1 fully saturated rings. The molecule has 1 N–H and O–H groups in total. The fourth-order valence-electron chi connectivity index (χ4n) is 1.95. The highest BCUT2D eigenvalue weighted by molar-refractivity contribution is 7.89. The van der Waals surface area contributed by atoms with Crippen molar-refractivity contribution in [1.29, 1.82) is 0 Å². The normalized spacial score (nSPS) is 15.3. The topological polar surface area (TPSA) is 85.1 Å². The van der Waals surface area contributed by atoms with Gasteiger partial charge >= 0.3 is 0 Å². The number of nitrogens with one attached hydrogen (secondary N) is 1. The summed E-state index contributed by atoms with van der Waals surface area (Å²) in [5.41, 5.74) is 0.512. The molecule has 21 heavy (non-hydrogen) atoms. The zero-order valence-corrected chi connectivity index (χ0v) is 12.9. The molecule has 1 heterocycles. The van der Waals surface area contributed by atoms with Gasteiger partial charge in [-0.1, -0.05) is 22.8 Å². The molecule has 3 rings (SSSR count). The Kier molecular flexibility index (Phi) is 3.73. The van der Waals surface area contributed by atoms with Crippen molar-refractivity contribution in [3.05, 3.63) is 40.5 Å². The zero-order valence-electron chi connectivity index (χ0n) is 11.3. The van der Waals surface area contributed by atoms with Crippen LogP contribution in [0.2, 0.25) is 5.02 Å². The summed E-state index contributed by atoms with van der Waals surface area (Å²) in [4.78, 5) is 4.33. The van der Waals surface area contributed by atoms with Gasteiger partial charge in [-0.3, -0.25) is 0 Å². The van der Waals surface area contributed by atoms with Crippen LogP contribution in [0.25, 0.3) is 0 Å². The molecule has 0 aliphatic heterocycles.